The van der Waals surface area contributed by atoms with Gasteiger partial charge in [-0.05, 0) is 25.3 Å². The average molecular weight is 307 g/mol. The molecule has 1 atom stereocenters. The standard InChI is InChI=1S/C13H23F6N/c1-4-7-20-10(8-9(5-2)6-3)11(12(14,15)16)13(17,18)19/h9-11,20H,4-8H2,1-3H3. The molecule has 1 N–H and O–H groups in total. The molecule has 0 spiro atoms. The van der Waals surface area contributed by atoms with Crippen molar-refractivity contribution in [1.82, 2.24) is 5.32 Å². The van der Waals surface area contributed by atoms with Gasteiger partial charge in [-0.1, -0.05) is 33.6 Å². The maximum absolute atomic E-state index is 12.8. The molecule has 1 unspecified atom stereocenters. The van der Waals surface area contributed by atoms with Crippen molar-refractivity contribution in [2.75, 3.05) is 6.54 Å². The highest BCUT2D eigenvalue weighted by atomic mass is 19.4. The van der Waals surface area contributed by atoms with Gasteiger partial charge in [0.2, 0.25) is 0 Å². The van der Waals surface area contributed by atoms with Crippen LogP contribution in [0.15, 0.2) is 0 Å². The van der Waals surface area contributed by atoms with Gasteiger partial charge in [-0.15, -0.1) is 0 Å². The predicted octanol–water partition coefficient (Wildman–Crippen LogP) is 4.92. The maximum atomic E-state index is 12.8. The first-order valence-electron chi connectivity index (χ1n) is 6.94. The molecule has 0 aromatic heterocycles. The summed E-state index contributed by atoms with van der Waals surface area (Å²) in [5.41, 5.74) is 0. The summed E-state index contributed by atoms with van der Waals surface area (Å²) >= 11 is 0. The van der Waals surface area contributed by atoms with E-state index in [0.717, 1.165) is 0 Å². The summed E-state index contributed by atoms with van der Waals surface area (Å²) in [7, 11) is 0. The summed E-state index contributed by atoms with van der Waals surface area (Å²) in [6.45, 7) is 5.41. The number of alkyl halides is 6. The predicted molar refractivity (Wildman–Crippen MR) is 66.4 cm³/mol. The van der Waals surface area contributed by atoms with Crippen LogP contribution in [0.2, 0.25) is 0 Å². The van der Waals surface area contributed by atoms with Gasteiger partial charge in [0, 0.05) is 6.04 Å². The van der Waals surface area contributed by atoms with Crippen molar-refractivity contribution < 1.29 is 26.3 Å². The summed E-state index contributed by atoms with van der Waals surface area (Å²) in [5, 5.41) is 2.44. The zero-order valence-corrected chi connectivity index (χ0v) is 12.0. The summed E-state index contributed by atoms with van der Waals surface area (Å²) in [4.78, 5) is 0. The van der Waals surface area contributed by atoms with E-state index in [1.807, 2.05) is 0 Å². The third kappa shape index (κ3) is 6.33. The topological polar surface area (TPSA) is 12.0 Å². The smallest absolute Gasteiger partial charge is 0.313 e. The Bertz CT molecular complexity index is 243. The van der Waals surface area contributed by atoms with Gasteiger partial charge < -0.3 is 5.32 Å². The summed E-state index contributed by atoms with van der Waals surface area (Å²) in [6.07, 6.45) is -9.05. The normalized spacial score (nSPS) is 15.2. The van der Waals surface area contributed by atoms with Crippen LogP contribution in [0.1, 0.15) is 46.5 Å². The van der Waals surface area contributed by atoms with Crippen molar-refractivity contribution in [1.29, 1.82) is 0 Å². The first-order chi connectivity index (χ1) is 9.07. The Labute approximate surface area is 116 Å². The molecule has 0 aromatic carbocycles. The van der Waals surface area contributed by atoms with E-state index in [9.17, 15) is 26.3 Å². The van der Waals surface area contributed by atoms with Gasteiger partial charge in [-0.3, -0.25) is 0 Å². The second-order valence-electron chi connectivity index (χ2n) is 5.04. The third-order valence-electron chi connectivity index (χ3n) is 3.51. The number of nitrogens with one attached hydrogen (secondary N) is 1. The van der Waals surface area contributed by atoms with Crippen molar-refractivity contribution >= 4 is 0 Å². The van der Waals surface area contributed by atoms with Crippen LogP contribution < -0.4 is 5.32 Å². The third-order valence-corrected chi connectivity index (χ3v) is 3.51. The molecule has 0 aromatic rings. The fraction of sp³-hybridized carbons (Fsp3) is 1.00. The molecule has 0 aliphatic heterocycles. The number of hydrogen-bond donors (Lipinski definition) is 1. The lowest BCUT2D eigenvalue weighted by Gasteiger charge is -2.33. The van der Waals surface area contributed by atoms with Gasteiger partial charge in [0.25, 0.3) is 0 Å². The molecule has 0 bridgehead atoms. The lowest BCUT2D eigenvalue weighted by Crippen LogP contribution is -2.51. The van der Waals surface area contributed by atoms with E-state index in [0.29, 0.717) is 19.3 Å². The molecular formula is C13H23F6N. The molecule has 0 heterocycles. The second-order valence-corrected chi connectivity index (χ2v) is 5.04. The van der Waals surface area contributed by atoms with Crippen LogP contribution >= 0.6 is 0 Å². The Kier molecular flexibility index (Phi) is 7.91. The van der Waals surface area contributed by atoms with Gasteiger partial charge in [0.15, 0.2) is 5.92 Å². The van der Waals surface area contributed by atoms with Crippen LogP contribution in [0.25, 0.3) is 0 Å². The van der Waals surface area contributed by atoms with E-state index >= 15 is 0 Å². The molecule has 0 saturated heterocycles. The van der Waals surface area contributed by atoms with E-state index < -0.39 is 24.3 Å². The monoisotopic (exact) mass is 307 g/mol. The Morgan fingerprint density at radius 3 is 1.60 bits per heavy atom. The van der Waals surface area contributed by atoms with Crippen LogP contribution in [0.4, 0.5) is 26.3 Å². The van der Waals surface area contributed by atoms with E-state index in [2.05, 4.69) is 5.32 Å². The first kappa shape index (κ1) is 19.5. The molecule has 0 radical (unpaired) electrons. The molecule has 122 valence electrons. The molecule has 1 nitrogen and oxygen atoms in total. The molecule has 0 saturated carbocycles. The van der Waals surface area contributed by atoms with Crippen molar-refractivity contribution in [2.45, 2.75) is 64.8 Å². The number of hydrogen-bond acceptors (Lipinski definition) is 1. The van der Waals surface area contributed by atoms with Crippen molar-refractivity contribution in [3.05, 3.63) is 0 Å². The highest BCUT2D eigenvalue weighted by molar-refractivity contribution is 4.88. The van der Waals surface area contributed by atoms with Crippen molar-refractivity contribution in [3.8, 4) is 0 Å². The minimum absolute atomic E-state index is 0.114. The van der Waals surface area contributed by atoms with Crippen molar-refractivity contribution in [2.24, 2.45) is 11.8 Å². The largest absolute Gasteiger partial charge is 0.401 e. The van der Waals surface area contributed by atoms with Crippen molar-refractivity contribution in [3.63, 3.8) is 0 Å². The summed E-state index contributed by atoms with van der Waals surface area (Å²) < 4.78 is 76.8. The second kappa shape index (κ2) is 8.10. The van der Waals surface area contributed by atoms with E-state index in [1.54, 1.807) is 20.8 Å². The first-order valence-corrected chi connectivity index (χ1v) is 6.94. The highest BCUT2D eigenvalue weighted by Gasteiger charge is 2.60. The lowest BCUT2D eigenvalue weighted by atomic mass is 9.87. The van der Waals surface area contributed by atoms with Crippen LogP contribution in [0.5, 0.6) is 0 Å². The highest BCUT2D eigenvalue weighted by Crippen LogP contribution is 2.43. The van der Waals surface area contributed by atoms with Gasteiger partial charge in [0.1, 0.15) is 0 Å². The van der Waals surface area contributed by atoms with Crippen LogP contribution in [0, 0.1) is 11.8 Å². The van der Waals surface area contributed by atoms with Crippen LogP contribution in [-0.4, -0.2) is 24.9 Å². The van der Waals surface area contributed by atoms with E-state index in [4.69, 9.17) is 0 Å². The molecular weight excluding hydrogens is 284 g/mol. The van der Waals surface area contributed by atoms with Gasteiger partial charge >= 0.3 is 12.4 Å². The maximum Gasteiger partial charge on any atom is 0.401 e. The Morgan fingerprint density at radius 2 is 1.30 bits per heavy atom. The lowest BCUT2D eigenvalue weighted by molar-refractivity contribution is -0.292. The minimum atomic E-state index is -5.28. The Morgan fingerprint density at radius 1 is 0.850 bits per heavy atom. The van der Waals surface area contributed by atoms with E-state index in [-0.39, 0.29) is 18.9 Å². The molecule has 0 rings (SSSR count). The fourth-order valence-electron chi connectivity index (χ4n) is 2.29. The number of rotatable bonds is 8. The van der Waals surface area contributed by atoms with Crippen LogP contribution in [0.3, 0.4) is 0 Å². The summed E-state index contributed by atoms with van der Waals surface area (Å²) in [5.74, 6) is -3.45. The minimum Gasteiger partial charge on any atom is -0.313 e. The zero-order valence-electron chi connectivity index (χ0n) is 12.0. The molecule has 20 heavy (non-hydrogen) atoms. The summed E-state index contributed by atoms with van der Waals surface area (Å²) in [6, 6.07) is -1.61. The molecule has 0 amide bonds. The molecule has 7 heteroatoms. The number of halogens is 6. The average Bonchev–Trinajstić information content (AvgIpc) is 2.28. The van der Waals surface area contributed by atoms with Gasteiger partial charge in [-0.2, -0.15) is 26.3 Å². The fourth-order valence-corrected chi connectivity index (χ4v) is 2.29. The molecule has 0 aliphatic carbocycles. The zero-order chi connectivity index (χ0) is 16.0. The van der Waals surface area contributed by atoms with Gasteiger partial charge in [0.05, 0.1) is 0 Å². The molecule has 0 aliphatic rings. The SMILES string of the molecule is CCCNC(CC(CC)CC)C(C(F)(F)F)C(F)(F)F. The quantitative estimate of drug-likeness (QED) is 0.627. The van der Waals surface area contributed by atoms with Gasteiger partial charge in [-0.25, -0.2) is 0 Å². The Hall–Kier alpha value is -0.460. The van der Waals surface area contributed by atoms with Crippen LogP contribution in [-0.2, 0) is 0 Å². The molecule has 0 fully saturated rings. The Balaban J connectivity index is 5.21. The van der Waals surface area contributed by atoms with E-state index in [1.165, 1.54) is 0 Å².